The molecule has 0 amide bonds. The van der Waals surface area contributed by atoms with Gasteiger partial charge in [-0.3, -0.25) is 10.9 Å². The fourth-order valence-corrected chi connectivity index (χ4v) is 1.88. The molecule has 0 aliphatic heterocycles. The quantitative estimate of drug-likeness (QED) is 0.478. The Hall–Kier alpha value is -0.0800. The summed E-state index contributed by atoms with van der Waals surface area (Å²) in [5.41, 5.74) is 6.10. The van der Waals surface area contributed by atoms with Gasteiger partial charge in [-0.15, -0.1) is 0 Å². The SMILES string of the molecule is CNNCCC1CCCCC1. The molecule has 0 unspecified atom stereocenters. The molecular formula is C9H20N2. The number of nitrogens with one attached hydrogen (secondary N) is 2. The molecule has 0 aromatic heterocycles. The standard InChI is InChI=1S/C9H20N2/c1-10-11-8-7-9-5-3-2-4-6-9/h9-11H,2-8H2,1H3. The van der Waals surface area contributed by atoms with Gasteiger partial charge < -0.3 is 0 Å². The minimum absolute atomic E-state index is 1.00. The second-order valence-electron chi connectivity index (χ2n) is 3.47. The van der Waals surface area contributed by atoms with Gasteiger partial charge in [0.2, 0.25) is 0 Å². The lowest BCUT2D eigenvalue weighted by Gasteiger charge is -2.21. The van der Waals surface area contributed by atoms with Crippen molar-refractivity contribution < 1.29 is 0 Å². The fraction of sp³-hybridized carbons (Fsp3) is 1.00. The lowest BCUT2D eigenvalue weighted by Crippen LogP contribution is -2.29. The number of rotatable bonds is 4. The van der Waals surface area contributed by atoms with Gasteiger partial charge in [0.15, 0.2) is 0 Å². The maximum Gasteiger partial charge on any atom is 0.0102 e. The Bertz CT molecular complexity index is 87.6. The van der Waals surface area contributed by atoms with Crippen LogP contribution in [0.1, 0.15) is 38.5 Å². The monoisotopic (exact) mass is 156 g/mol. The van der Waals surface area contributed by atoms with Crippen LogP contribution >= 0.6 is 0 Å². The third-order valence-corrected chi connectivity index (χ3v) is 2.58. The lowest BCUT2D eigenvalue weighted by atomic mass is 9.87. The predicted octanol–water partition coefficient (Wildman–Crippen LogP) is 1.68. The highest BCUT2D eigenvalue weighted by molar-refractivity contribution is 4.65. The molecule has 1 aliphatic rings. The van der Waals surface area contributed by atoms with Crippen molar-refractivity contribution >= 4 is 0 Å². The Balaban J connectivity index is 1.96. The molecule has 1 rings (SSSR count). The van der Waals surface area contributed by atoms with Crippen molar-refractivity contribution in [3.8, 4) is 0 Å². The second-order valence-corrected chi connectivity index (χ2v) is 3.47. The van der Waals surface area contributed by atoms with Crippen molar-refractivity contribution in [2.45, 2.75) is 38.5 Å². The first kappa shape index (κ1) is 9.01. The molecule has 0 aromatic carbocycles. The highest BCUT2D eigenvalue weighted by Crippen LogP contribution is 2.25. The van der Waals surface area contributed by atoms with Gasteiger partial charge in [-0.05, 0) is 19.4 Å². The second kappa shape index (κ2) is 5.56. The molecule has 11 heavy (non-hydrogen) atoms. The van der Waals surface area contributed by atoms with Crippen LogP contribution in [0.25, 0.3) is 0 Å². The topological polar surface area (TPSA) is 24.1 Å². The molecule has 0 saturated heterocycles. The van der Waals surface area contributed by atoms with E-state index >= 15 is 0 Å². The van der Waals surface area contributed by atoms with Crippen LogP contribution in [-0.2, 0) is 0 Å². The van der Waals surface area contributed by atoms with Crippen molar-refractivity contribution in [3.05, 3.63) is 0 Å². The maximum absolute atomic E-state index is 3.15. The van der Waals surface area contributed by atoms with Gasteiger partial charge in [-0.2, -0.15) is 0 Å². The molecule has 1 fully saturated rings. The zero-order valence-corrected chi connectivity index (χ0v) is 7.53. The Labute approximate surface area is 69.7 Å². The van der Waals surface area contributed by atoms with Gasteiger partial charge in [0.1, 0.15) is 0 Å². The molecule has 1 aliphatic carbocycles. The molecule has 0 spiro atoms. The summed E-state index contributed by atoms with van der Waals surface area (Å²) in [6.07, 6.45) is 8.67. The zero-order valence-electron chi connectivity index (χ0n) is 7.53. The van der Waals surface area contributed by atoms with Crippen LogP contribution in [0.15, 0.2) is 0 Å². The first-order valence-corrected chi connectivity index (χ1v) is 4.83. The summed E-state index contributed by atoms with van der Waals surface area (Å²) in [7, 11) is 1.93. The summed E-state index contributed by atoms with van der Waals surface area (Å²) in [5, 5.41) is 0. The normalized spacial score (nSPS) is 20.5. The van der Waals surface area contributed by atoms with Crippen LogP contribution in [0.2, 0.25) is 0 Å². The minimum Gasteiger partial charge on any atom is -0.261 e. The predicted molar refractivity (Wildman–Crippen MR) is 48.3 cm³/mol. The van der Waals surface area contributed by atoms with Crippen LogP contribution in [0.4, 0.5) is 0 Å². The van der Waals surface area contributed by atoms with Gasteiger partial charge in [-0.1, -0.05) is 32.1 Å². The third kappa shape index (κ3) is 3.73. The van der Waals surface area contributed by atoms with Gasteiger partial charge in [0, 0.05) is 6.54 Å². The van der Waals surface area contributed by atoms with Gasteiger partial charge in [0.05, 0.1) is 0 Å². The fourth-order valence-electron chi connectivity index (χ4n) is 1.88. The third-order valence-electron chi connectivity index (χ3n) is 2.58. The molecular weight excluding hydrogens is 136 g/mol. The highest BCUT2D eigenvalue weighted by atomic mass is 15.3. The van der Waals surface area contributed by atoms with Crippen LogP contribution in [0.3, 0.4) is 0 Å². The summed E-state index contributed by atoms with van der Waals surface area (Å²) in [6.45, 7) is 1.13. The Kier molecular flexibility index (Phi) is 4.55. The van der Waals surface area contributed by atoms with E-state index in [1.54, 1.807) is 0 Å². The molecule has 1 saturated carbocycles. The van der Waals surface area contributed by atoms with E-state index in [4.69, 9.17) is 0 Å². The molecule has 0 bridgehead atoms. The molecule has 0 radical (unpaired) electrons. The van der Waals surface area contributed by atoms with E-state index in [0.717, 1.165) is 12.5 Å². The van der Waals surface area contributed by atoms with Crippen LogP contribution in [0, 0.1) is 5.92 Å². The number of hydrazine groups is 1. The van der Waals surface area contributed by atoms with E-state index < -0.39 is 0 Å². The molecule has 2 nitrogen and oxygen atoms in total. The van der Waals surface area contributed by atoms with E-state index in [9.17, 15) is 0 Å². The van der Waals surface area contributed by atoms with Crippen LogP contribution in [-0.4, -0.2) is 13.6 Å². The lowest BCUT2D eigenvalue weighted by molar-refractivity contribution is 0.329. The molecule has 0 aromatic rings. The Morgan fingerprint density at radius 3 is 2.55 bits per heavy atom. The first-order chi connectivity index (χ1) is 5.43. The Morgan fingerprint density at radius 2 is 1.91 bits per heavy atom. The van der Waals surface area contributed by atoms with E-state index in [1.807, 2.05) is 7.05 Å². The van der Waals surface area contributed by atoms with E-state index in [2.05, 4.69) is 10.9 Å². The van der Waals surface area contributed by atoms with Crippen molar-refractivity contribution in [2.75, 3.05) is 13.6 Å². The maximum atomic E-state index is 3.15. The van der Waals surface area contributed by atoms with Gasteiger partial charge in [0.25, 0.3) is 0 Å². The summed E-state index contributed by atoms with van der Waals surface area (Å²) in [6, 6.07) is 0. The molecule has 0 heterocycles. The molecule has 2 N–H and O–H groups in total. The first-order valence-electron chi connectivity index (χ1n) is 4.83. The van der Waals surface area contributed by atoms with Crippen molar-refractivity contribution in [3.63, 3.8) is 0 Å². The van der Waals surface area contributed by atoms with Gasteiger partial charge in [-0.25, -0.2) is 0 Å². The molecule has 2 heteroatoms. The summed E-state index contributed by atoms with van der Waals surface area (Å²) in [5.74, 6) is 1.00. The van der Waals surface area contributed by atoms with E-state index in [1.165, 1.54) is 38.5 Å². The number of hydrogen-bond donors (Lipinski definition) is 2. The van der Waals surface area contributed by atoms with Gasteiger partial charge >= 0.3 is 0 Å². The summed E-state index contributed by atoms with van der Waals surface area (Å²) >= 11 is 0. The smallest absolute Gasteiger partial charge is 0.0102 e. The van der Waals surface area contributed by atoms with Crippen molar-refractivity contribution in [1.29, 1.82) is 0 Å². The Morgan fingerprint density at radius 1 is 1.18 bits per heavy atom. The number of hydrogen-bond acceptors (Lipinski definition) is 2. The molecule has 0 atom stereocenters. The highest BCUT2D eigenvalue weighted by Gasteiger charge is 2.11. The van der Waals surface area contributed by atoms with Crippen molar-refractivity contribution in [2.24, 2.45) is 5.92 Å². The van der Waals surface area contributed by atoms with Crippen LogP contribution in [0.5, 0.6) is 0 Å². The van der Waals surface area contributed by atoms with Crippen LogP contribution < -0.4 is 10.9 Å². The minimum atomic E-state index is 1.00. The largest absolute Gasteiger partial charge is 0.261 e. The summed E-state index contributed by atoms with van der Waals surface area (Å²) in [4.78, 5) is 0. The van der Waals surface area contributed by atoms with E-state index in [-0.39, 0.29) is 0 Å². The average Bonchev–Trinajstić information content (AvgIpc) is 2.07. The molecule has 66 valence electrons. The average molecular weight is 156 g/mol. The van der Waals surface area contributed by atoms with E-state index in [0.29, 0.717) is 0 Å². The van der Waals surface area contributed by atoms with Crippen molar-refractivity contribution in [1.82, 2.24) is 10.9 Å². The zero-order chi connectivity index (χ0) is 7.94. The summed E-state index contributed by atoms with van der Waals surface area (Å²) < 4.78 is 0.